The summed E-state index contributed by atoms with van der Waals surface area (Å²) in [6.45, 7) is 0.531. The van der Waals surface area contributed by atoms with Crippen molar-refractivity contribution in [2.24, 2.45) is 0 Å². The molecule has 1 amide bonds. The van der Waals surface area contributed by atoms with Crippen LogP contribution in [0.5, 0.6) is 5.75 Å². The molecule has 0 aliphatic carbocycles. The molecule has 120 valence electrons. The van der Waals surface area contributed by atoms with Crippen molar-refractivity contribution in [2.45, 2.75) is 12.3 Å². The van der Waals surface area contributed by atoms with Crippen molar-refractivity contribution in [2.75, 3.05) is 11.9 Å². The summed E-state index contributed by atoms with van der Waals surface area (Å²) < 4.78 is 5.63. The molecule has 0 saturated carbocycles. The third kappa shape index (κ3) is 2.69. The Labute approximate surface area is 144 Å². The molecule has 1 N–H and O–H groups in total. The van der Waals surface area contributed by atoms with Gasteiger partial charge in [-0.15, -0.1) is 0 Å². The molecule has 4 nitrogen and oxygen atoms in total. The van der Waals surface area contributed by atoms with Crippen LogP contribution in [0, 0.1) is 0 Å². The van der Waals surface area contributed by atoms with Crippen LogP contribution < -0.4 is 10.1 Å². The smallest absolute Gasteiger partial charge is 0.232 e. The van der Waals surface area contributed by atoms with Crippen LogP contribution in [0.3, 0.4) is 0 Å². The molecule has 0 radical (unpaired) electrons. The molecule has 0 fully saturated rings. The van der Waals surface area contributed by atoms with Gasteiger partial charge in [-0.05, 0) is 30.7 Å². The molecule has 1 aliphatic heterocycles. The van der Waals surface area contributed by atoms with Crippen LogP contribution in [-0.4, -0.2) is 17.5 Å². The van der Waals surface area contributed by atoms with Crippen molar-refractivity contribution in [3.63, 3.8) is 0 Å². The van der Waals surface area contributed by atoms with Gasteiger partial charge in [0.15, 0.2) is 0 Å². The number of fused-ring (bicyclic) bond motifs is 2. The van der Waals surface area contributed by atoms with E-state index in [9.17, 15) is 4.79 Å². The number of carbonyl (C=O) groups is 1. The number of aromatic nitrogens is 1. The standard InChI is InChI=1S/C19H15ClN2O2/c20-13-10-12-4-3-8-21-18(12)16(11-13)22-19(23)15-7-9-24-17-6-2-1-5-14(15)17/h1-6,8,10-11,15H,7,9H2,(H,22,23). The summed E-state index contributed by atoms with van der Waals surface area (Å²) in [6, 6.07) is 15.0. The lowest BCUT2D eigenvalue weighted by Gasteiger charge is -2.25. The number of rotatable bonds is 2. The fourth-order valence-electron chi connectivity index (χ4n) is 3.09. The van der Waals surface area contributed by atoms with Gasteiger partial charge in [0.25, 0.3) is 0 Å². The lowest BCUT2D eigenvalue weighted by Crippen LogP contribution is -2.26. The summed E-state index contributed by atoms with van der Waals surface area (Å²) in [7, 11) is 0. The van der Waals surface area contributed by atoms with E-state index in [-0.39, 0.29) is 11.8 Å². The molecule has 24 heavy (non-hydrogen) atoms. The number of pyridine rings is 1. The van der Waals surface area contributed by atoms with Crippen molar-refractivity contribution < 1.29 is 9.53 Å². The zero-order chi connectivity index (χ0) is 16.5. The van der Waals surface area contributed by atoms with E-state index in [1.807, 2.05) is 42.5 Å². The first-order valence-electron chi connectivity index (χ1n) is 7.79. The van der Waals surface area contributed by atoms with Gasteiger partial charge in [0, 0.05) is 22.2 Å². The normalized spacial score (nSPS) is 16.3. The van der Waals surface area contributed by atoms with Crippen LogP contribution in [0.15, 0.2) is 54.7 Å². The predicted molar refractivity (Wildman–Crippen MR) is 94.7 cm³/mol. The highest BCUT2D eigenvalue weighted by Gasteiger charge is 2.27. The summed E-state index contributed by atoms with van der Waals surface area (Å²) in [5.41, 5.74) is 2.28. The van der Waals surface area contributed by atoms with Crippen LogP contribution in [-0.2, 0) is 4.79 Å². The Hall–Kier alpha value is -2.59. The number of hydrogen-bond acceptors (Lipinski definition) is 3. The van der Waals surface area contributed by atoms with Crippen molar-refractivity contribution in [1.29, 1.82) is 0 Å². The fraction of sp³-hybridized carbons (Fsp3) is 0.158. The van der Waals surface area contributed by atoms with Gasteiger partial charge in [-0.1, -0.05) is 35.9 Å². The first-order chi connectivity index (χ1) is 11.7. The van der Waals surface area contributed by atoms with Crippen LogP contribution in [0.1, 0.15) is 17.9 Å². The van der Waals surface area contributed by atoms with Crippen molar-refractivity contribution in [3.05, 3.63) is 65.3 Å². The first kappa shape index (κ1) is 15.0. The third-order valence-electron chi connectivity index (χ3n) is 4.20. The van der Waals surface area contributed by atoms with Crippen molar-refractivity contribution in [3.8, 4) is 5.75 Å². The van der Waals surface area contributed by atoms with Gasteiger partial charge in [0.2, 0.25) is 5.91 Å². The molecule has 1 atom stereocenters. The van der Waals surface area contributed by atoms with Gasteiger partial charge in [0.05, 0.1) is 23.7 Å². The van der Waals surface area contributed by atoms with E-state index in [2.05, 4.69) is 10.3 Å². The third-order valence-corrected chi connectivity index (χ3v) is 4.42. The van der Waals surface area contributed by atoms with Crippen molar-refractivity contribution >= 4 is 34.1 Å². The van der Waals surface area contributed by atoms with Crippen molar-refractivity contribution in [1.82, 2.24) is 4.98 Å². The van der Waals surface area contributed by atoms with Gasteiger partial charge < -0.3 is 10.1 Å². The topological polar surface area (TPSA) is 51.2 Å². The summed E-state index contributed by atoms with van der Waals surface area (Å²) in [4.78, 5) is 17.2. The zero-order valence-electron chi connectivity index (χ0n) is 12.8. The average Bonchev–Trinajstić information content (AvgIpc) is 2.61. The van der Waals surface area contributed by atoms with Gasteiger partial charge in [-0.2, -0.15) is 0 Å². The molecule has 0 saturated heterocycles. The highest BCUT2D eigenvalue weighted by Crippen LogP contribution is 2.35. The fourth-order valence-corrected chi connectivity index (χ4v) is 3.31. The maximum absolute atomic E-state index is 12.8. The maximum Gasteiger partial charge on any atom is 0.232 e. The van der Waals surface area contributed by atoms with Gasteiger partial charge in [-0.3, -0.25) is 9.78 Å². The number of nitrogens with zero attached hydrogens (tertiary/aromatic N) is 1. The predicted octanol–water partition coefficient (Wildman–Crippen LogP) is 4.39. The zero-order valence-corrected chi connectivity index (χ0v) is 13.6. The second kappa shape index (κ2) is 6.13. The Morgan fingerprint density at radius 1 is 1.21 bits per heavy atom. The van der Waals surface area contributed by atoms with Crippen LogP contribution in [0.2, 0.25) is 5.02 Å². The minimum Gasteiger partial charge on any atom is -0.493 e. The lowest BCUT2D eigenvalue weighted by molar-refractivity contribution is -0.118. The van der Waals surface area contributed by atoms with E-state index in [4.69, 9.17) is 16.3 Å². The van der Waals surface area contributed by atoms with E-state index in [0.717, 1.165) is 22.2 Å². The van der Waals surface area contributed by atoms with Crippen LogP contribution >= 0.6 is 11.6 Å². The molecule has 2 aromatic carbocycles. The second-order valence-electron chi connectivity index (χ2n) is 5.75. The van der Waals surface area contributed by atoms with E-state index in [1.54, 1.807) is 12.3 Å². The number of ether oxygens (including phenoxy) is 1. The number of nitrogens with one attached hydrogen (secondary N) is 1. The van der Waals surface area contributed by atoms with Gasteiger partial charge in [-0.25, -0.2) is 0 Å². The second-order valence-corrected chi connectivity index (χ2v) is 6.18. The molecule has 0 spiro atoms. The highest BCUT2D eigenvalue weighted by atomic mass is 35.5. The first-order valence-corrected chi connectivity index (χ1v) is 8.17. The largest absolute Gasteiger partial charge is 0.493 e. The molecule has 2 heterocycles. The van der Waals surface area contributed by atoms with E-state index >= 15 is 0 Å². The van der Waals surface area contributed by atoms with Crippen LogP contribution in [0.4, 0.5) is 5.69 Å². The maximum atomic E-state index is 12.8. The minimum atomic E-state index is -0.243. The van der Waals surface area contributed by atoms with E-state index in [0.29, 0.717) is 23.7 Å². The Kier molecular flexibility index (Phi) is 3.82. The van der Waals surface area contributed by atoms with Gasteiger partial charge >= 0.3 is 0 Å². The monoisotopic (exact) mass is 338 g/mol. The Bertz CT molecular complexity index is 926. The minimum absolute atomic E-state index is 0.0695. The SMILES string of the molecule is O=C(Nc1cc(Cl)cc2cccnc12)C1CCOc2ccccc21. The quantitative estimate of drug-likeness (QED) is 0.753. The van der Waals surface area contributed by atoms with Crippen LogP contribution in [0.25, 0.3) is 10.9 Å². The Morgan fingerprint density at radius 2 is 2.08 bits per heavy atom. The lowest BCUT2D eigenvalue weighted by atomic mass is 9.92. The molecule has 4 rings (SSSR count). The number of amides is 1. The molecular formula is C19H15ClN2O2. The molecular weight excluding hydrogens is 324 g/mol. The number of carbonyl (C=O) groups excluding carboxylic acids is 1. The van der Waals surface area contributed by atoms with E-state index < -0.39 is 0 Å². The summed E-state index contributed by atoms with van der Waals surface area (Å²) in [5, 5.41) is 4.46. The van der Waals surface area contributed by atoms with E-state index in [1.165, 1.54) is 0 Å². The number of anilines is 1. The summed E-state index contributed by atoms with van der Waals surface area (Å²) >= 11 is 6.18. The number of halogens is 1. The molecule has 1 aromatic heterocycles. The summed E-state index contributed by atoms with van der Waals surface area (Å²) in [6.07, 6.45) is 2.35. The average molecular weight is 339 g/mol. The number of benzene rings is 2. The number of para-hydroxylation sites is 1. The number of hydrogen-bond donors (Lipinski definition) is 1. The highest BCUT2D eigenvalue weighted by molar-refractivity contribution is 6.32. The molecule has 1 aliphatic rings. The van der Waals surface area contributed by atoms with Gasteiger partial charge in [0.1, 0.15) is 5.75 Å². The molecule has 0 bridgehead atoms. The Morgan fingerprint density at radius 3 is 3.00 bits per heavy atom. The Balaban J connectivity index is 1.69. The molecule has 1 unspecified atom stereocenters. The molecule has 3 aromatic rings. The molecule has 5 heteroatoms. The summed E-state index contributed by atoms with van der Waals surface area (Å²) in [5.74, 6) is 0.464.